The SMILES string of the molecule is CC(C)(C)c1ccc2nnc(C3CCN(C(=O)C4Cc5ccccc5CO4)CC3)n2n1. The van der Waals surface area contributed by atoms with Crippen LogP contribution in [-0.2, 0) is 28.0 Å². The average Bonchev–Trinajstić information content (AvgIpc) is 3.21. The number of amides is 1. The Morgan fingerprint density at radius 2 is 1.77 bits per heavy atom. The molecule has 1 saturated heterocycles. The van der Waals surface area contributed by atoms with Crippen molar-refractivity contribution in [2.75, 3.05) is 13.1 Å². The molecule has 4 heterocycles. The van der Waals surface area contributed by atoms with Crippen LogP contribution < -0.4 is 0 Å². The molecule has 162 valence electrons. The molecule has 1 amide bonds. The molecule has 31 heavy (non-hydrogen) atoms. The molecule has 2 aromatic heterocycles. The number of piperidine rings is 1. The second kappa shape index (κ2) is 7.71. The van der Waals surface area contributed by atoms with Crippen LogP contribution in [0.25, 0.3) is 5.65 Å². The van der Waals surface area contributed by atoms with Gasteiger partial charge in [-0.25, -0.2) is 0 Å². The topological polar surface area (TPSA) is 72.6 Å². The van der Waals surface area contributed by atoms with Crippen LogP contribution in [0.2, 0.25) is 0 Å². The third-order valence-corrected chi connectivity index (χ3v) is 6.47. The average molecular weight is 420 g/mol. The Kier molecular flexibility index (Phi) is 5.01. The Morgan fingerprint density at radius 1 is 1.03 bits per heavy atom. The van der Waals surface area contributed by atoms with Gasteiger partial charge >= 0.3 is 0 Å². The van der Waals surface area contributed by atoms with Gasteiger partial charge in [0.05, 0.1) is 12.3 Å². The van der Waals surface area contributed by atoms with E-state index in [-0.39, 0.29) is 23.3 Å². The summed E-state index contributed by atoms with van der Waals surface area (Å²) < 4.78 is 7.79. The first kappa shape index (κ1) is 20.1. The van der Waals surface area contributed by atoms with E-state index in [0.29, 0.717) is 26.1 Å². The lowest BCUT2D eigenvalue weighted by atomic mass is 9.92. The zero-order chi connectivity index (χ0) is 21.6. The highest BCUT2D eigenvalue weighted by molar-refractivity contribution is 5.81. The third-order valence-electron chi connectivity index (χ3n) is 6.47. The number of carbonyl (C=O) groups is 1. The number of rotatable bonds is 2. The molecule has 0 spiro atoms. The Morgan fingerprint density at radius 3 is 2.52 bits per heavy atom. The molecule has 7 heteroatoms. The molecule has 1 fully saturated rings. The Labute approximate surface area is 182 Å². The lowest BCUT2D eigenvalue weighted by Crippen LogP contribution is -2.46. The molecule has 0 bridgehead atoms. The maximum absolute atomic E-state index is 13.1. The summed E-state index contributed by atoms with van der Waals surface area (Å²) in [6, 6.07) is 12.2. The van der Waals surface area contributed by atoms with Crippen molar-refractivity contribution >= 4 is 11.6 Å². The number of aromatic nitrogens is 4. The van der Waals surface area contributed by atoms with E-state index in [2.05, 4.69) is 43.1 Å². The fourth-order valence-corrected chi connectivity index (χ4v) is 4.53. The highest BCUT2D eigenvalue weighted by Gasteiger charge is 2.33. The minimum Gasteiger partial charge on any atom is -0.363 e. The summed E-state index contributed by atoms with van der Waals surface area (Å²) in [5.74, 6) is 1.25. The zero-order valence-corrected chi connectivity index (χ0v) is 18.4. The van der Waals surface area contributed by atoms with Gasteiger partial charge in [-0.15, -0.1) is 10.2 Å². The first-order valence-corrected chi connectivity index (χ1v) is 11.1. The first-order chi connectivity index (χ1) is 14.9. The minimum atomic E-state index is -0.378. The second-order valence-corrected chi connectivity index (χ2v) is 9.67. The normalized spacial score (nSPS) is 20.1. The molecular weight excluding hydrogens is 390 g/mol. The molecule has 2 aliphatic rings. The van der Waals surface area contributed by atoms with E-state index in [1.807, 2.05) is 33.7 Å². The zero-order valence-electron chi connectivity index (χ0n) is 18.4. The second-order valence-electron chi connectivity index (χ2n) is 9.67. The minimum absolute atomic E-state index is 0.0376. The Hall–Kier alpha value is -2.80. The van der Waals surface area contributed by atoms with Crippen molar-refractivity contribution in [2.24, 2.45) is 0 Å². The number of benzene rings is 1. The number of likely N-dealkylation sites (tertiary alicyclic amines) is 1. The summed E-state index contributed by atoms with van der Waals surface area (Å²) in [4.78, 5) is 15.0. The first-order valence-electron chi connectivity index (χ1n) is 11.1. The molecule has 0 aliphatic carbocycles. The summed E-state index contributed by atoms with van der Waals surface area (Å²) in [6.07, 6.45) is 1.99. The van der Waals surface area contributed by atoms with E-state index in [1.165, 1.54) is 11.1 Å². The summed E-state index contributed by atoms with van der Waals surface area (Å²) in [5.41, 5.74) is 4.16. The third kappa shape index (κ3) is 3.82. The van der Waals surface area contributed by atoms with Gasteiger partial charge in [0, 0.05) is 30.8 Å². The number of hydrogen-bond acceptors (Lipinski definition) is 5. The molecule has 0 radical (unpaired) electrons. The van der Waals surface area contributed by atoms with E-state index in [9.17, 15) is 4.79 Å². The lowest BCUT2D eigenvalue weighted by molar-refractivity contribution is -0.146. The van der Waals surface area contributed by atoms with E-state index >= 15 is 0 Å². The maximum atomic E-state index is 13.1. The van der Waals surface area contributed by atoms with Gasteiger partial charge in [-0.3, -0.25) is 4.79 Å². The molecular formula is C24H29N5O2. The molecule has 0 N–H and O–H groups in total. The van der Waals surface area contributed by atoms with Gasteiger partial charge in [0.15, 0.2) is 11.5 Å². The number of hydrogen-bond donors (Lipinski definition) is 0. The standard InChI is InChI=1S/C24H29N5O2/c1-24(2,3)20-8-9-21-25-26-22(29(21)27-20)16-10-12-28(13-11-16)23(30)19-14-17-6-4-5-7-18(17)15-31-19/h4-9,16,19H,10-15H2,1-3H3. The predicted molar refractivity (Wildman–Crippen MR) is 117 cm³/mol. The van der Waals surface area contributed by atoms with Gasteiger partial charge in [-0.05, 0) is 36.1 Å². The molecule has 3 aromatic rings. The van der Waals surface area contributed by atoms with Gasteiger partial charge in [-0.2, -0.15) is 9.61 Å². The Balaban J connectivity index is 1.27. The van der Waals surface area contributed by atoms with Crippen molar-refractivity contribution < 1.29 is 9.53 Å². The summed E-state index contributed by atoms with van der Waals surface area (Å²) in [6.45, 7) is 8.39. The molecule has 0 saturated carbocycles. The highest BCUT2D eigenvalue weighted by atomic mass is 16.5. The van der Waals surface area contributed by atoms with E-state index < -0.39 is 0 Å². The lowest BCUT2D eigenvalue weighted by Gasteiger charge is -2.35. The van der Waals surface area contributed by atoms with Gasteiger partial charge in [0.1, 0.15) is 6.10 Å². The summed E-state index contributed by atoms with van der Waals surface area (Å²) >= 11 is 0. The van der Waals surface area contributed by atoms with Crippen molar-refractivity contribution in [3.8, 4) is 0 Å². The summed E-state index contributed by atoms with van der Waals surface area (Å²) in [5, 5.41) is 13.6. The molecule has 2 aliphatic heterocycles. The number of fused-ring (bicyclic) bond motifs is 2. The van der Waals surface area contributed by atoms with Gasteiger partial charge in [0.25, 0.3) is 5.91 Å². The van der Waals surface area contributed by atoms with Gasteiger partial charge in [-0.1, -0.05) is 45.0 Å². The number of carbonyl (C=O) groups excluding carboxylic acids is 1. The predicted octanol–water partition coefficient (Wildman–Crippen LogP) is 3.27. The van der Waals surface area contributed by atoms with Crippen molar-refractivity contribution in [1.82, 2.24) is 24.7 Å². The smallest absolute Gasteiger partial charge is 0.252 e. The Bertz CT molecular complexity index is 1110. The fraction of sp³-hybridized carbons (Fsp3) is 0.500. The molecule has 1 aromatic carbocycles. The molecule has 1 unspecified atom stereocenters. The van der Waals surface area contributed by atoms with Crippen LogP contribution in [-0.4, -0.2) is 49.8 Å². The highest BCUT2D eigenvalue weighted by Crippen LogP contribution is 2.29. The van der Waals surface area contributed by atoms with Crippen LogP contribution in [0.5, 0.6) is 0 Å². The van der Waals surface area contributed by atoms with Crippen LogP contribution in [0.3, 0.4) is 0 Å². The molecule has 7 nitrogen and oxygen atoms in total. The van der Waals surface area contributed by atoms with E-state index in [4.69, 9.17) is 9.84 Å². The van der Waals surface area contributed by atoms with Crippen molar-refractivity contribution in [2.45, 2.75) is 64.1 Å². The van der Waals surface area contributed by atoms with Crippen LogP contribution in [0, 0.1) is 0 Å². The fourth-order valence-electron chi connectivity index (χ4n) is 4.53. The summed E-state index contributed by atoms with van der Waals surface area (Å²) in [7, 11) is 0. The number of nitrogens with zero attached hydrogens (tertiary/aromatic N) is 5. The molecule has 5 rings (SSSR count). The number of ether oxygens (including phenoxy) is 1. The van der Waals surface area contributed by atoms with Crippen molar-refractivity contribution in [3.05, 3.63) is 59.0 Å². The van der Waals surface area contributed by atoms with Crippen molar-refractivity contribution in [3.63, 3.8) is 0 Å². The quantitative estimate of drug-likeness (QED) is 0.637. The van der Waals surface area contributed by atoms with E-state index in [1.54, 1.807) is 0 Å². The van der Waals surface area contributed by atoms with Crippen LogP contribution >= 0.6 is 0 Å². The van der Waals surface area contributed by atoms with Crippen LogP contribution in [0.1, 0.15) is 62.2 Å². The maximum Gasteiger partial charge on any atom is 0.252 e. The van der Waals surface area contributed by atoms with Crippen LogP contribution in [0.15, 0.2) is 36.4 Å². The van der Waals surface area contributed by atoms with Crippen molar-refractivity contribution in [1.29, 1.82) is 0 Å². The van der Waals surface area contributed by atoms with Crippen LogP contribution in [0.4, 0.5) is 0 Å². The van der Waals surface area contributed by atoms with E-state index in [0.717, 1.165) is 30.0 Å². The largest absolute Gasteiger partial charge is 0.363 e. The van der Waals surface area contributed by atoms with Gasteiger partial charge in [0.2, 0.25) is 0 Å². The molecule has 1 atom stereocenters. The van der Waals surface area contributed by atoms with Gasteiger partial charge < -0.3 is 9.64 Å². The monoisotopic (exact) mass is 419 g/mol.